The van der Waals surface area contributed by atoms with Crippen LogP contribution in [0.2, 0.25) is 19.6 Å². The Labute approximate surface area is 149 Å². The molecule has 0 aromatic heterocycles. The standard InChI is InChI=1S/C17H28N2O5Si/c1-6-10-23-17(22)19-9-7-8-12(20)15(19)14-13(16(21)18-14)11(2)24-25(3,4)5/h6,11,13-15H,1,7-10H2,2-5H3,(H,18,21)/t11-,13-,14+,15?/m1/s1. The Balaban J connectivity index is 2.16. The molecule has 8 heteroatoms. The molecule has 0 bridgehead atoms. The van der Waals surface area contributed by atoms with Crippen molar-refractivity contribution in [1.29, 1.82) is 0 Å². The van der Waals surface area contributed by atoms with Gasteiger partial charge < -0.3 is 14.5 Å². The topological polar surface area (TPSA) is 84.9 Å². The first-order valence-electron chi connectivity index (χ1n) is 8.71. The summed E-state index contributed by atoms with van der Waals surface area (Å²) < 4.78 is 11.2. The Morgan fingerprint density at radius 2 is 2.12 bits per heavy atom. The lowest BCUT2D eigenvalue weighted by atomic mass is 9.78. The van der Waals surface area contributed by atoms with Crippen molar-refractivity contribution in [2.45, 2.75) is 57.6 Å². The third-order valence-corrected chi connectivity index (χ3v) is 5.51. The number of piperidine rings is 1. The van der Waals surface area contributed by atoms with E-state index in [-0.39, 0.29) is 24.4 Å². The molecular weight excluding hydrogens is 340 g/mol. The van der Waals surface area contributed by atoms with Gasteiger partial charge in [0.1, 0.15) is 12.6 Å². The van der Waals surface area contributed by atoms with Gasteiger partial charge in [-0.1, -0.05) is 12.7 Å². The van der Waals surface area contributed by atoms with Crippen LogP contribution in [0.15, 0.2) is 12.7 Å². The average molecular weight is 369 g/mol. The maximum atomic E-state index is 12.5. The number of rotatable bonds is 6. The summed E-state index contributed by atoms with van der Waals surface area (Å²) >= 11 is 0. The summed E-state index contributed by atoms with van der Waals surface area (Å²) in [5.41, 5.74) is 0. The van der Waals surface area contributed by atoms with E-state index < -0.39 is 32.4 Å². The maximum Gasteiger partial charge on any atom is 0.410 e. The fraction of sp³-hybridized carbons (Fsp3) is 0.706. The molecule has 0 saturated carbocycles. The first kappa shape index (κ1) is 19.6. The summed E-state index contributed by atoms with van der Waals surface area (Å²) in [6.45, 7) is 12.1. The highest BCUT2D eigenvalue weighted by Gasteiger charge is 2.53. The Morgan fingerprint density at radius 1 is 1.44 bits per heavy atom. The molecule has 1 N–H and O–H groups in total. The zero-order valence-electron chi connectivity index (χ0n) is 15.4. The second-order valence-corrected chi connectivity index (χ2v) is 12.0. The molecule has 0 aromatic carbocycles. The minimum atomic E-state index is -1.83. The maximum absolute atomic E-state index is 12.5. The molecule has 2 fully saturated rings. The van der Waals surface area contributed by atoms with Crippen LogP contribution in [0.1, 0.15) is 19.8 Å². The van der Waals surface area contributed by atoms with E-state index in [0.29, 0.717) is 19.4 Å². The molecule has 7 nitrogen and oxygen atoms in total. The lowest BCUT2D eigenvalue weighted by molar-refractivity contribution is -0.146. The lowest BCUT2D eigenvalue weighted by Crippen LogP contribution is -2.73. The average Bonchev–Trinajstić information content (AvgIpc) is 2.48. The molecular formula is C17H28N2O5Si. The van der Waals surface area contributed by atoms with Crippen molar-refractivity contribution >= 4 is 26.1 Å². The predicted molar refractivity (Wildman–Crippen MR) is 95.6 cm³/mol. The third-order valence-electron chi connectivity index (χ3n) is 4.43. The van der Waals surface area contributed by atoms with Gasteiger partial charge in [-0.25, -0.2) is 4.79 Å². The second-order valence-electron chi connectivity index (χ2n) is 7.57. The summed E-state index contributed by atoms with van der Waals surface area (Å²) in [5, 5.41) is 2.81. The fourth-order valence-electron chi connectivity index (χ4n) is 3.53. The van der Waals surface area contributed by atoms with Crippen LogP contribution in [-0.2, 0) is 18.8 Å². The quantitative estimate of drug-likeness (QED) is 0.438. The molecule has 2 saturated heterocycles. The summed E-state index contributed by atoms with van der Waals surface area (Å²) in [6.07, 6.45) is 1.64. The second kappa shape index (κ2) is 7.70. The van der Waals surface area contributed by atoms with E-state index >= 15 is 0 Å². The number of ketones is 1. The number of nitrogens with zero attached hydrogens (tertiary/aromatic N) is 1. The van der Waals surface area contributed by atoms with Crippen molar-refractivity contribution in [3.8, 4) is 0 Å². The number of Topliss-reactive ketones (excluding diaryl/α,β-unsaturated/α-hetero) is 1. The van der Waals surface area contributed by atoms with E-state index in [1.165, 1.54) is 11.0 Å². The van der Waals surface area contributed by atoms with E-state index in [4.69, 9.17) is 9.16 Å². The molecule has 140 valence electrons. The van der Waals surface area contributed by atoms with Gasteiger partial charge in [0.2, 0.25) is 5.91 Å². The van der Waals surface area contributed by atoms with Gasteiger partial charge in [-0.3, -0.25) is 14.5 Å². The van der Waals surface area contributed by atoms with E-state index in [1.807, 2.05) is 6.92 Å². The number of amides is 2. The molecule has 2 aliphatic heterocycles. The molecule has 2 rings (SSSR count). The van der Waals surface area contributed by atoms with Crippen LogP contribution in [0.25, 0.3) is 0 Å². The number of carbonyl (C=O) groups is 3. The number of hydrogen-bond donors (Lipinski definition) is 1. The van der Waals surface area contributed by atoms with Gasteiger partial charge in [-0.05, 0) is 33.0 Å². The van der Waals surface area contributed by atoms with Crippen molar-refractivity contribution in [1.82, 2.24) is 10.2 Å². The first-order chi connectivity index (χ1) is 11.7. The first-order valence-corrected chi connectivity index (χ1v) is 12.1. The minimum absolute atomic E-state index is 0.0444. The Kier molecular flexibility index (Phi) is 6.05. The highest BCUT2D eigenvalue weighted by atomic mass is 28.4. The van der Waals surface area contributed by atoms with E-state index in [1.54, 1.807) is 0 Å². The van der Waals surface area contributed by atoms with E-state index in [2.05, 4.69) is 31.5 Å². The predicted octanol–water partition coefficient (Wildman–Crippen LogP) is 1.70. The molecule has 25 heavy (non-hydrogen) atoms. The number of hydrogen-bond acceptors (Lipinski definition) is 5. The smallest absolute Gasteiger partial charge is 0.410 e. The van der Waals surface area contributed by atoms with Gasteiger partial charge in [-0.15, -0.1) is 0 Å². The molecule has 2 amide bonds. The van der Waals surface area contributed by atoms with E-state index in [9.17, 15) is 14.4 Å². The van der Waals surface area contributed by atoms with E-state index in [0.717, 1.165) is 0 Å². The largest absolute Gasteiger partial charge is 0.445 e. The number of nitrogens with one attached hydrogen (secondary N) is 1. The van der Waals surface area contributed by atoms with Crippen LogP contribution in [-0.4, -0.2) is 62.3 Å². The Bertz CT molecular complexity index is 560. The molecule has 4 atom stereocenters. The molecule has 2 heterocycles. The highest BCUT2D eigenvalue weighted by Crippen LogP contribution is 2.31. The lowest BCUT2D eigenvalue weighted by Gasteiger charge is -2.48. The summed E-state index contributed by atoms with van der Waals surface area (Å²) in [4.78, 5) is 38.4. The van der Waals surface area contributed by atoms with Crippen molar-refractivity contribution in [2.24, 2.45) is 5.92 Å². The van der Waals surface area contributed by atoms with Crippen LogP contribution in [0.4, 0.5) is 4.79 Å². The summed E-state index contributed by atoms with van der Waals surface area (Å²) in [6, 6.07) is -1.12. The highest BCUT2D eigenvalue weighted by molar-refractivity contribution is 6.69. The van der Waals surface area contributed by atoms with Crippen molar-refractivity contribution in [3.63, 3.8) is 0 Å². The number of ether oxygens (including phenoxy) is 1. The van der Waals surface area contributed by atoms with Crippen LogP contribution in [0, 0.1) is 5.92 Å². The third kappa shape index (κ3) is 4.49. The van der Waals surface area contributed by atoms with Gasteiger partial charge in [0.05, 0.1) is 18.1 Å². The molecule has 0 aromatic rings. The Morgan fingerprint density at radius 3 is 2.68 bits per heavy atom. The molecule has 0 radical (unpaired) electrons. The van der Waals surface area contributed by atoms with Gasteiger partial charge >= 0.3 is 6.09 Å². The Hall–Kier alpha value is -1.67. The summed E-state index contributed by atoms with van der Waals surface area (Å²) in [7, 11) is -1.83. The monoisotopic (exact) mass is 368 g/mol. The van der Waals surface area contributed by atoms with Crippen LogP contribution < -0.4 is 5.32 Å². The SMILES string of the molecule is C=CCOC(=O)N1CCCC(=O)C1[C@H]1NC(=O)[C@@H]1[C@@H](C)O[Si](C)(C)C. The fourth-order valence-corrected chi connectivity index (χ4v) is 4.79. The molecule has 0 aliphatic carbocycles. The number of β-lactam (4-membered cyclic amide) rings is 1. The zero-order valence-corrected chi connectivity index (χ0v) is 16.4. The minimum Gasteiger partial charge on any atom is -0.445 e. The zero-order chi connectivity index (χ0) is 18.8. The van der Waals surface area contributed by atoms with Crippen LogP contribution >= 0.6 is 0 Å². The van der Waals surface area contributed by atoms with Gasteiger partial charge in [0.15, 0.2) is 14.1 Å². The van der Waals surface area contributed by atoms with Crippen molar-refractivity contribution in [2.75, 3.05) is 13.2 Å². The molecule has 1 unspecified atom stereocenters. The number of carbonyl (C=O) groups excluding carboxylic acids is 3. The van der Waals surface area contributed by atoms with Crippen molar-refractivity contribution in [3.05, 3.63) is 12.7 Å². The molecule has 0 spiro atoms. The van der Waals surface area contributed by atoms with Crippen LogP contribution in [0.3, 0.4) is 0 Å². The van der Waals surface area contributed by atoms with Gasteiger partial charge in [-0.2, -0.15) is 0 Å². The van der Waals surface area contributed by atoms with Crippen LogP contribution in [0.5, 0.6) is 0 Å². The summed E-state index contributed by atoms with van der Waals surface area (Å²) in [5.74, 6) is -0.612. The van der Waals surface area contributed by atoms with Gasteiger partial charge in [0, 0.05) is 13.0 Å². The number of likely N-dealkylation sites (tertiary alicyclic amines) is 1. The normalized spacial score (nSPS) is 28.0. The van der Waals surface area contributed by atoms with Crippen molar-refractivity contribution < 1.29 is 23.5 Å². The van der Waals surface area contributed by atoms with Gasteiger partial charge in [0.25, 0.3) is 0 Å². The molecule has 2 aliphatic rings.